The number of methoxy groups -OCH3 is 1. The van der Waals surface area contributed by atoms with Gasteiger partial charge in [-0.15, -0.1) is 0 Å². The average Bonchev–Trinajstić information content (AvgIpc) is 2.99. The predicted octanol–water partition coefficient (Wildman–Crippen LogP) is 3.79. The van der Waals surface area contributed by atoms with E-state index in [1.165, 1.54) is 31.4 Å². The van der Waals surface area contributed by atoms with Gasteiger partial charge in [-0.1, -0.05) is 36.4 Å². The molecule has 1 aliphatic rings. The molecule has 2 heterocycles. The van der Waals surface area contributed by atoms with Gasteiger partial charge >= 0.3 is 11.7 Å². The molecule has 0 spiro atoms. The lowest BCUT2D eigenvalue weighted by molar-refractivity contribution is -0.304. The number of hydrogen-bond acceptors (Lipinski definition) is 11. The van der Waals surface area contributed by atoms with Crippen molar-refractivity contribution in [3.63, 3.8) is 0 Å². The molecule has 5 rings (SSSR count). The van der Waals surface area contributed by atoms with Crippen molar-refractivity contribution in [1.29, 1.82) is 0 Å². The first-order chi connectivity index (χ1) is 21.3. The zero-order chi connectivity index (χ0) is 32.6. The summed E-state index contributed by atoms with van der Waals surface area (Å²) < 4.78 is 27.9. The number of anilines is 1. The van der Waals surface area contributed by atoms with E-state index < -0.39 is 59.3 Å². The van der Waals surface area contributed by atoms with Gasteiger partial charge in [0.05, 0.1) is 16.6 Å². The number of ether oxygens (including phenoxy) is 4. The Hall–Kier alpha value is -5.11. The molecule has 1 saturated heterocycles. The fraction of sp³-hybridized carbons (Fsp3) is 0.281. The molecule has 0 radical (unpaired) electrons. The summed E-state index contributed by atoms with van der Waals surface area (Å²) in [7, 11) is 1.37. The second kappa shape index (κ2) is 12.1. The van der Waals surface area contributed by atoms with Crippen LogP contribution in [0.5, 0.6) is 17.2 Å². The van der Waals surface area contributed by atoms with Crippen molar-refractivity contribution in [2.45, 2.75) is 51.0 Å². The molecule has 0 bridgehead atoms. The van der Waals surface area contributed by atoms with Crippen molar-refractivity contribution in [2.75, 3.05) is 12.4 Å². The standard InChI is InChI=1S/C32H32N2O11/c1-15-21(42-30-24(37)26(44-31(33)40)27(41-4)32(2,3)45-30)13-11-18-23(36)22(29(39)43-25(15)18)34-28(38)19-14-17(10-12-20(19)35)16-8-6-5-7-9-16/h5-14,24,26-27,30,35-37H,1-4H3,(H2,33,40)(H,34,38)/t24-,26+,27-,30-/m1/s1. The van der Waals surface area contributed by atoms with Crippen molar-refractivity contribution in [3.05, 3.63) is 82.2 Å². The minimum Gasteiger partial charge on any atom is -0.507 e. The molecule has 0 aliphatic carbocycles. The van der Waals surface area contributed by atoms with Crippen LogP contribution in [0, 0.1) is 6.92 Å². The van der Waals surface area contributed by atoms with Crippen LogP contribution in [-0.2, 0) is 14.2 Å². The first kappa shape index (κ1) is 31.3. The number of aliphatic hydroxyl groups is 1. The minimum absolute atomic E-state index is 0.0637. The maximum Gasteiger partial charge on any atom is 0.404 e. The Labute approximate surface area is 256 Å². The van der Waals surface area contributed by atoms with Crippen molar-refractivity contribution in [1.82, 2.24) is 0 Å². The highest BCUT2D eigenvalue weighted by atomic mass is 16.7. The van der Waals surface area contributed by atoms with E-state index in [-0.39, 0.29) is 33.6 Å². The zero-order valence-corrected chi connectivity index (χ0v) is 24.8. The normalized spacial score (nSPS) is 20.8. The Morgan fingerprint density at radius 2 is 1.73 bits per heavy atom. The number of amides is 2. The molecule has 6 N–H and O–H groups in total. The summed E-state index contributed by atoms with van der Waals surface area (Å²) >= 11 is 0. The van der Waals surface area contributed by atoms with Crippen molar-refractivity contribution in [2.24, 2.45) is 5.73 Å². The zero-order valence-electron chi connectivity index (χ0n) is 24.8. The van der Waals surface area contributed by atoms with Crippen LogP contribution in [-0.4, -0.2) is 64.6 Å². The van der Waals surface area contributed by atoms with Crippen LogP contribution >= 0.6 is 0 Å². The molecule has 4 aromatic rings. The van der Waals surface area contributed by atoms with Gasteiger partial charge in [0.15, 0.2) is 23.6 Å². The number of carbonyl (C=O) groups excluding carboxylic acids is 2. The number of benzene rings is 3. The number of rotatable bonds is 7. The number of nitrogens with two attached hydrogens (primary N) is 1. The summed E-state index contributed by atoms with van der Waals surface area (Å²) in [6, 6.07) is 16.5. The quantitative estimate of drug-likeness (QED) is 0.188. The second-order valence-corrected chi connectivity index (χ2v) is 11.0. The van der Waals surface area contributed by atoms with Gasteiger partial charge in [-0.05, 0) is 56.2 Å². The van der Waals surface area contributed by atoms with E-state index in [1.807, 2.05) is 30.3 Å². The van der Waals surface area contributed by atoms with E-state index in [0.717, 1.165) is 5.56 Å². The highest BCUT2D eigenvalue weighted by molar-refractivity contribution is 6.08. The van der Waals surface area contributed by atoms with Crippen LogP contribution < -0.4 is 21.4 Å². The third-order valence-electron chi connectivity index (χ3n) is 7.60. The van der Waals surface area contributed by atoms with Gasteiger partial charge in [-0.2, -0.15) is 0 Å². The predicted molar refractivity (Wildman–Crippen MR) is 161 cm³/mol. The van der Waals surface area contributed by atoms with Gasteiger partial charge in [0.2, 0.25) is 6.29 Å². The van der Waals surface area contributed by atoms with Crippen molar-refractivity contribution < 1.29 is 48.3 Å². The van der Waals surface area contributed by atoms with E-state index in [2.05, 4.69) is 5.32 Å². The molecule has 4 atom stereocenters. The number of phenolic OH excluding ortho intramolecular Hbond substituents is 1. The van der Waals surface area contributed by atoms with Crippen LogP contribution in [0.15, 0.2) is 69.9 Å². The fourth-order valence-corrected chi connectivity index (χ4v) is 5.38. The second-order valence-electron chi connectivity index (χ2n) is 11.0. The summed E-state index contributed by atoms with van der Waals surface area (Å²) in [6.45, 7) is 4.85. The summed E-state index contributed by atoms with van der Waals surface area (Å²) in [6.07, 6.45) is -6.14. The molecule has 0 saturated carbocycles. The lowest BCUT2D eigenvalue weighted by Gasteiger charge is -2.47. The maximum atomic E-state index is 13.2. The summed E-state index contributed by atoms with van der Waals surface area (Å²) in [5, 5.41) is 34.8. The molecule has 1 fully saturated rings. The topological polar surface area (TPSA) is 200 Å². The number of aryl methyl sites for hydroxylation is 1. The Morgan fingerprint density at radius 3 is 2.40 bits per heavy atom. The van der Waals surface area contributed by atoms with Crippen LogP contribution in [0.25, 0.3) is 22.1 Å². The number of aliphatic hydroxyl groups excluding tert-OH is 1. The summed E-state index contributed by atoms with van der Waals surface area (Å²) in [5.74, 6) is -1.64. The molecular weight excluding hydrogens is 588 g/mol. The number of carbonyl (C=O) groups is 2. The smallest absolute Gasteiger partial charge is 0.404 e. The molecule has 13 nitrogen and oxygen atoms in total. The molecule has 3 aromatic carbocycles. The van der Waals surface area contributed by atoms with Crippen molar-refractivity contribution in [3.8, 4) is 28.4 Å². The van der Waals surface area contributed by atoms with E-state index in [4.69, 9.17) is 29.1 Å². The monoisotopic (exact) mass is 620 g/mol. The van der Waals surface area contributed by atoms with E-state index in [0.29, 0.717) is 5.56 Å². The Bertz CT molecular complexity index is 1820. The first-order valence-electron chi connectivity index (χ1n) is 13.8. The molecule has 13 heteroatoms. The van der Waals surface area contributed by atoms with Crippen LogP contribution in [0.3, 0.4) is 0 Å². The highest BCUT2D eigenvalue weighted by Crippen LogP contribution is 2.39. The Balaban J connectivity index is 1.44. The van der Waals surface area contributed by atoms with Gasteiger partial charge in [0.25, 0.3) is 5.91 Å². The molecular formula is C32H32N2O11. The Kier molecular flexibility index (Phi) is 8.43. The number of nitrogens with one attached hydrogen (secondary N) is 1. The number of fused-ring (bicyclic) bond motifs is 1. The van der Waals surface area contributed by atoms with E-state index in [9.17, 15) is 29.7 Å². The lowest BCUT2D eigenvalue weighted by atomic mass is 9.89. The third-order valence-corrected chi connectivity index (χ3v) is 7.60. The molecule has 1 aromatic heterocycles. The summed E-state index contributed by atoms with van der Waals surface area (Å²) in [4.78, 5) is 37.7. The average molecular weight is 621 g/mol. The number of phenols is 1. The van der Waals surface area contributed by atoms with Gasteiger partial charge in [-0.3, -0.25) is 4.79 Å². The van der Waals surface area contributed by atoms with Gasteiger partial charge in [0, 0.05) is 12.7 Å². The van der Waals surface area contributed by atoms with Gasteiger partial charge in [-0.25, -0.2) is 9.59 Å². The largest absolute Gasteiger partial charge is 0.507 e. The van der Waals surface area contributed by atoms with E-state index in [1.54, 1.807) is 26.8 Å². The SMILES string of the molecule is CO[C@@H]1[C@@H](OC(N)=O)[C@@H](O)[C@H](Oc2ccc3c(O)c(NC(=O)c4cc(-c5ccccc5)ccc4O)c(=O)oc3c2C)OC1(C)C. The molecule has 45 heavy (non-hydrogen) atoms. The maximum absolute atomic E-state index is 13.2. The van der Waals surface area contributed by atoms with E-state index >= 15 is 0 Å². The first-order valence-corrected chi connectivity index (χ1v) is 13.8. The molecule has 1 aliphatic heterocycles. The Morgan fingerprint density at radius 1 is 1.02 bits per heavy atom. The van der Waals surface area contributed by atoms with Crippen molar-refractivity contribution >= 4 is 28.7 Å². The lowest BCUT2D eigenvalue weighted by Crippen LogP contribution is -2.65. The van der Waals surface area contributed by atoms with Gasteiger partial charge < -0.3 is 49.7 Å². The van der Waals surface area contributed by atoms with Crippen LogP contribution in [0.4, 0.5) is 10.5 Å². The highest BCUT2D eigenvalue weighted by Gasteiger charge is 2.53. The van der Waals surface area contributed by atoms with Crippen LogP contribution in [0.2, 0.25) is 0 Å². The minimum atomic E-state index is -1.53. The molecule has 236 valence electrons. The fourth-order valence-electron chi connectivity index (χ4n) is 5.38. The number of primary amides is 1. The van der Waals surface area contributed by atoms with Gasteiger partial charge in [0.1, 0.15) is 23.2 Å². The summed E-state index contributed by atoms with van der Waals surface area (Å²) in [5.41, 5.74) is 4.01. The number of hydrogen-bond donors (Lipinski definition) is 5. The molecule has 2 amide bonds. The third kappa shape index (κ3) is 6.00. The van der Waals surface area contributed by atoms with Crippen LogP contribution in [0.1, 0.15) is 29.8 Å². The number of aromatic hydroxyl groups is 2. The molecule has 0 unspecified atom stereocenters.